The average Bonchev–Trinajstić information content (AvgIpc) is 3.48. The van der Waals surface area contributed by atoms with E-state index in [1.165, 1.54) is 11.8 Å². The highest BCUT2D eigenvalue weighted by molar-refractivity contribution is 8.00. The van der Waals surface area contributed by atoms with E-state index < -0.39 is 5.25 Å². The molecule has 1 saturated heterocycles. The van der Waals surface area contributed by atoms with Crippen molar-refractivity contribution in [2.75, 3.05) is 13.1 Å². The summed E-state index contributed by atoms with van der Waals surface area (Å²) in [5, 5.41) is 10.4. The Bertz CT molecular complexity index is 1390. The number of thioether (sulfide) groups is 1. The van der Waals surface area contributed by atoms with Gasteiger partial charge in [0, 0.05) is 35.8 Å². The van der Waals surface area contributed by atoms with Gasteiger partial charge in [-0.3, -0.25) is 14.2 Å². The lowest BCUT2D eigenvalue weighted by molar-refractivity contribution is -0.134. The quantitative estimate of drug-likeness (QED) is 0.400. The van der Waals surface area contributed by atoms with Crippen molar-refractivity contribution in [3.05, 3.63) is 60.3 Å². The molecule has 0 bridgehead atoms. The number of nitrogens with two attached hydrogens (primary N) is 1. The normalized spacial score (nSPS) is 17.0. The van der Waals surface area contributed by atoms with Crippen LogP contribution in [-0.4, -0.2) is 54.8 Å². The molecule has 0 aliphatic carbocycles. The van der Waals surface area contributed by atoms with E-state index in [1.54, 1.807) is 4.90 Å². The first-order valence-electron chi connectivity index (χ1n) is 11.8. The summed E-state index contributed by atoms with van der Waals surface area (Å²) in [5.74, 6) is 0.0686. The summed E-state index contributed by atoms with van der Waals surface area (Å²) in [5.41, 5.74) is 9.52. The molecule has 35 heavy (non-hydrogen) atoms. The Morgan fingerprint density at radius 1 is 1.14 bits per heavy atom. The monoisotopic (exact) mass is 488 g/mol. The fourth-order valence-electron chi connectivity index (χ4n) is 4.68. The molecule has 0 saturated carbocycles. The number of fused-ring (bicyclic) bond motifs is 1. The van der Waals surface area contributed by atoms with Crippen molar-refractivity contribution in [2.24, 2.45) is 11.7 Å². The van der Waals surface area contributed by atoms with Crippen molar-refractivity contribution < 1.29 is 9.59 Å². The van der Waals surface area contributed by atoms with Crippen LogP contribution in [0.15, 0.2) is 59.9 Å². The zero-order valence-electron chi connectivity index (χ0n) is 19.8. The highest BCUT2D eigenvalue weighted by Crippen LogP contribution is 2.35. The molecule has 2 atom stereocenters. The Labute approximate surface area is 207 Å². The van der Waals surface area contributed by atoms with Crippen molar-refractivity contribution >= 4 is 34.5 Å². The molecule has 1 aliphatic rings. The number of amides is 2. The lowest BCUT2D eigenvalue weighted by Crippen LogP contribution is -2.46. The number of rotatable bonds is 6. The molecule has 3 N–H and O–H groups in total. The van der Waals surface area contributed by atoms with Crippen LogP contribution in [0.4, 0.5) is 0 Å². The number of hydrogen-bond acceptors (Lipinski definition) is 5. The van der Waals surface area contributed by atoms with E-state index in [4.69, 9.17) is 5.73 Å². The maximum absolute atomic E-state index is 13.3. The first kappa shape index (κ1) is 23.2. The molecular weight excluding hydrogens is 460 g/mol. The van der Waals surface area contributed by atoms with Crippen LogP contribution in [-0.2, 0) is 9.59 Å². The Morgan fingerprint density at radius 3 is 2.71 bits per heavy atom. The molecule has 2 unspecified atom stereocenters. The zero-order chi connectivity index (χ0) is 24.5. The van der Waals surface area contributed by atoms with Gasteiger partial charge in [-0.2, -0.15) is 0 Å². The van der Waals surface area contributed by atoms with Gasteiger partial charge in [-0.1, -0.05) is 48.2 Å². The van der Waals surface area contributed by atoms with Crippen LogP contribution >= 0.6 is 11.8 Å². The number of aromatic nitrogens is 4. The van der Waals surface area contributed by atoms with Crippen molar-refractivity contribution in [3.8, 4) is 17.1 Å². The number of nitrogens with one attached hydrogen (secondary N) is 1. The summed E-state index contributed by atoms with van der Waals surface area (Å²) in [6.07, 6.45) is 3.46. The van der Waals surface area contributed by atoms with Gasteiger partial charge >= 0.3 is 0 Å². The molecular formula is C26H28N6O2S. The van der Waals surface area contributed by atoms with E-state index in [1.807, 2.05) is 54.1 Å². The van der Waals surface area contributed by atoms with Crippen LogP contribution in [0.2, 0.25) is 0 Å². The van der Waals surface area contributed by atoms with Gasteiger partial charge in [0.15, 0.2) is 11.0 Å². The molecule has 2 amide bonds. The second kappa shape index (κ2) is 9.58. The summed E-state index contributed by atoms with van der Waals surface area (Å²) in [6.45, 7) is 4.95. The van der Waals surface area contributed by atoms with Gasteiger partial charge in [0.25, 0.3) is 0 Å². The predicted molar refractivity (Wildman–Crippen MR) is 137 cm³/mol. The van der Waals surface area contributed by atoms with Crippen LogP contribution in [0.1, 0.15) is 25.3 Å². The van der Waals surface area contributed by atoms with E-state index in [-0.39, 0.29) is 17.7 Å². The van der Waals surface area contributed by atoms with Crippen LogP contribution < -0.4 is 5.73 Å². The van der Waals surface area contributed by atoms with E-state index in [0.29, 0.717) is 24.1 Å². The van der Waals surface area contributed by atoms with Gasteiger partial charge in [-0.05, 0) is 44.4 Å². The predicted octanol–water partition coefficient (Wildman–Crippen LogP) is 3.93. The molecule has 1 aliphatic heterocycles. The molecule has 5 rings (SSSR count). The molecule has 3 heterocycles. The third kappa shape index (κ3) is 4.43. The van der Waals surface area contributed by atoms with Gasteiger partial charge in [-0.25, -0.2) is 0 Å². The topological polar surface area (TPSA) is 110 Å². The van der Waals surface area contributed by atoms with Crippen LogP contribution in [0.25, 0.3) is 28.0 Å². The summed E-state index contributed by atoms with van der Waals surface area (Å²) >= 11 is 1.38. The molecule has 1 fully saturated rings. The number of para-hydroxylation sites is 2. The van der Waals surface area contributed by atoms with Crippen molar-refractivity contribution in [3.63, 3.8) is 0 Å². The lowest BCUT2D eigenvalue weighted by atomic mass is 9.97. The Balaban J connectivity index is 1.50. The number of piperidine rings is 1. The number of carbonyl (C=O) groups is 2. The first-order chi connectivity index (χ1) is 16.9. The second-order valence-corrected chi connectivity index (χ2v) is 10.3. The van der Waals surface area contributed by atoms with Gasteiger partial charge < -0.3 is 15.6 Å². The number of likely N-dealkylation sites (tertiary alicyclic amines) is 1. The Kier molecular flexibility index (Phi) is 6.34. The standard InChI is InChI=1S/C26H28N6O2S/c1-16-8-3-6-12-22(16)32-24(20-14-28-21-11-5-4-10-19(20)21)29-30-26(32)35-17(2)25(34)31-13-7-9-18(15-31)23(27)33/h3-6,8,10-12,14,17-18,28H,7,9,13,15H2,1-2H3,(H2,27,33). The van der Waals surface area contributed by atoms with Gasteiger partial charge in [0.05, 0.1) is 16.9 Å². The Hall–Kier alpha value is -3.59. The number of primary amides is 1. The molecule has 9 heteroatoms. The van der Waals surface area contributed by atoms with Crippen molar-refractivity contribution in [1.29, 1.82) is 0 Å². The number of aromatic amines is 1. The minimum atomic E-state index is -0.399. The minimum Gasteiger partial charge on any atom is -0.369 e. The van der Waals surface area contributed by atoms with Gasteiger partial charge in [0.2, 0.25) is 11.8 Å². The van der Waals surface area contributed by atoms with Crippen LogP contribution in [0.5, 0.6) is 0 Å². The van der Waals surface area contributed by atoms with Crippen molar-refractivity contribution in [1.82, 2.24) is 24.6 Å². The summed E-state index contributed by atoms with van der Waals surface area (Å²) in [7, 11) is 0. The number of aryl methyl sites for hydroxylation is 1. The SMILES string of the molecule is Cc1ccccc1-n1c(SC(C)C(=O)N2CCCC(C(N)=O)C2)nnc1-c1c[nH]c2ccccc12. The second-order valence-electron chi connectivity index (χ2n) is 8.96. The van der Waals surface area contributed by atoms with E-state index in [0.717, 1.165) is 40.6 Å². The Morgan fingerprint density at radius 2 is 1.91 bits per heavy atom. The molecule has 180 valence electrons. The van der Waals surface area contributed by atoms with Crippen LogP contribution in [0, 0.1) is 12.8 Å². The largest absolute Gasteiger partial charge is 0.369 e. The lowest BCUT2D eigenvalue weighted by Gasteiger charge is -2.32. The smallest absolute Gasteiger partial charge is 0.235 e. The number of nitrogens with zero attached hydrogens (tertiary/aromatic N) is 4. The molecule has 0 spiro atoms. The highest BCUT2D eigenvalue weighted by Gasteiger charge is 2.31. The maximum Gasteiger partial charge on any atom is 0.235 e. The molecule has 4 aromatic rings. The minimum absolute atomic E-state index is 0.0195. The molecule has 2 aromatic heterocycles. The summed E-state index contributed by atoms with van der Waals surface area (Å²) < 4.78 is 2.03. The molecule has 8 nitrogen and oxygen atoms in total. The summed E-state index contributed by atoms with van der Waals surface area (Å²) in [4.78, 5) is 30.0. The number of hydrogen-bond donors (Lipinski definition) is 2. The maximum atomic E-state index is 13.3. The highest BCUT2D eigenvalue weighted by atomic mass is 32.2. The van der Waals surface area contributed by atoms with Crippen molar-refractivity contribution in [2.45, 2.75) is 37.1 Å². The first-order valence-corrected chi connectivity index (χ1v) is 12.6. The van der Waals surface area contributed by atoms with E-state index >= 15 is 0 Å². The number of carbonyl (C=O) groups excluding carboxylic acids is 2. The zero-order valence-corrected chi connectivity index (χ0v) is 20.6. The fourth-order valence-corrected chi connectivity index (χ4v) is 5.63. The molecule has 2 aromatic carbocycles. The van der Waals surface area contributed by atoms with Crippen LogP contribution in [0.3, 0.4) is 0 Å². The van der Waals surface area contributed by atoms with Gasteiger partial charge in [0.1, 0.15) is 0 Å². The summed E-state index contributed by atoms with van der Waals surface area (Å²) in [6, 6.07) is 16.2. The average molecular weight is 489 g/mol. The third-order valence-corrected chi connectivity index (χ3v) is 7.62. The number of benzene rings is 2. The fraction of sp³-hybridized carbons (Fsp3) is 0.308. The van der Waals surface area contributed by atoms with E-state index in [9.17, 15) is 9.59 Å². The number of H-pyrrole nitrogens is 1. The third-order valence-electron chi connectivity index (χ3n) is 6.59. The van der Waals surface area contributed by atoms with E-state index in [2.05, 4.69) is 34.2 Å². The van der Waals surface area contributed by atoms with Gasteiger partial charge in [-0.15, -0.1) is 10.2 Å². The molecule has 0 radical (unpaired) electrons.